The van der Waals surface area contributed by atoms with E-state index in [2.05, 4.69) is 0 Å². The zero-order valence-corrected chi connectivity index (χ0v) is 26.1. The number of carbonyl (C=O) groups is 4. The molecule has 0 bridgehead atoms. The van der Waals surface area contributed by atoms with Crippen LogP contribution in [0.25, 0.3) is 0 Å². The van der Waals surface area contributed by atoms with Gasteiger partial charge in [0.25, 0.3) is 0 Å². The second-order valence-electron chi connectivity index (χ2n) is 9.79. The Hall–Kier alpha value is -4.40. The van der Waals surface area contributed by atoms with Crippen LogP contribution in [-0.4, -0.2) is 89.1 Å². The topological polar surface area (TPSA) is 161 Å². The molecule has 1 aliphatic heterocycles. The van der Waals surface area contributed by atoms with Crippen molar-refractivity contribution in [2.45, 2.75) is 64.5 Å². The summed E-state index contributed by atoms with van der Waals surface area (Å²) in [6, 6.07) is 11.4. The fourth-order valence-electron chi connectivity index (χ4n) is 4.65. The lowest BCUT2D eigenvalue weighted by atomic mass is 10.00. The molecule has 0 aromatic heterocycles. The summed E-state index contributed by atoms with van der Waals surface area (Å²) in [6.07, 6.45) is -6.78. The molecule has 1 heterocycles. The van der Waals surface area contributed by atoms with Crippen molar-refractivity contribution in [3.05, 3.63) is 48.0 Å². The van der Waals surface area contributed by atoms with Crippen LogP contribution in [0, 0.1) is 0 Å². The smallest absolute Gasteiger partial charge is 0.308 e. The zero-order chi connectivity index (χ0) is 33.1. The van der Waals surface area contributed by atoms with Gasteiger partial charge in [0, 0.05) is 34.8 Å². The molecular weight excluding hydrogens is 596 g/mol. The lowest BCUT2D eigenvalue weighted by molar-refractivity contribution is -0.289. The molecule has 2 aromatic carbocycles. The van der Waals surface area contributed by atoms with E-state index in [-0.39, 0.29) is 24.7 Å². The maximum absolute atomic E-state index is 12.2. The summed E-state index contributed by atoms with van der Waals surface area (Å²) in [5.41, 5.74) is 0.401. The second kappa shape index (κ2) is 16.6. The molecule has 45 heavy (non-hydrogen) atoms. The van der Waals surface area contributed by atoms with Gasteiger partial charge in [0.15, 0.2) is 47.6 Å². The van der Waals surface area contributed by atoms with E-state index in [1.54, 1.807) is 36.4 Å². The number of benzene rings is 2. The molecule has 0 unspecified atom stereocenters. The van der Waals surface area contributed by atoms with E-state index in [0.29, 0.717) is 17.1 Å². The summed E-state index contributed by atoms with van der Waals surface area (Å²) < 4.78 is 56.8. The molecule has 0 radical (unpaired) electrons. The highest BCUT2D eigenvalue weighted by molar-refractivity contribution is 5.70. The summed E-state index contributed by atoms with van der Waals surface area (Å²) in [4.78, 5) is 48.0. The van der Waals surface area contributed by atoms with E-state index in [9.17, 15) is 19.2 Å². The number of methoxy groups -OCH3 is 3. The first-order chi connectivity index (χ1) is 21.5. The highest BCUT2D eigenvalue weighted by Crippen LogP contribution is 2.38. The summed E-state index contributed by atoms with van der Waals surface area (Å²) in [7, 11) is 4.21. The van der Waals surface area contributed by atoms with Gasteiger partial charge in [-0.3, -0.25) is 19.2 Å². The Morgan fingerprint density at radius 1 is 0.778 bits per heavy atom. The molecule has 2 aromatic rings. The lowest BCUT2D eigenvalue weighted by Crippen LogP contribution is -2.58. The third-order valence-electron chi connectivity index (χ3n) is 6.44. The fourth-order valence-corrected chi connectivity index (χ4v) is 4.65. The summed E-state index contributed by atoms with van der Waals surface area (Å²) in [5, 5.41) is 0. The van der Waals surface area contributed by atoms with Crippen LogP contribution in [0.4, 0.5) is 0 Å². The van der Waals surface area contributed by atoms with E-state index in [4.69, 9.17) is 47.4 Å². The Kier molecular flexibility index (Phi) is 12.9. The minimum absolute atomic E-state index is 0.135. The molecule has 0 aliphatic carbocycles. The fraction of sp³-hybridized carbons (Fsp3) is 0.484. The Balaban J connectivity index is 2.20. The first kappa shape index (κ1) is 35.1. The second-order valence-corrected chi connectivity index (χ2v) is 9.79. The van der Waals surface area contributed by atoms with Gasteiger partial charge in [-0.05, 0) is 29.8 Å². The van der Waals surface area contributed by atoms with Crippen molar-refractivity contribution in [3.8, 4) is 23.0 Å². The molecule has 0 amide bonds. The number of hydrogen-bond acceptors (Lipinski definition) is 14. The maximum Gasteiger partial charge on any atom is 0.308 e. The van der Waals surface area contributed by atoms with Crippen LogP contribution in [0.3, 0.4) is 0 Å². The summed E-state index contributed by atoms with van der Waals surface area (Å²) in [5.74, 6) is -1.48. The van der Waals surface area contributed by atoms with E-state index >= 15 is 0 Å². The standard InChI is InChI=1S/C31H38O14/c1-17(32)39-15-26(44-23-11-9-8-10-22(23)36-5)28(21-12-13-24(41-18(2)33)25(14-21)37-6)45-29-27(42-19(3)34)16-40-31(38-7)30(29)43-20(4)35/h8-14,26-31H,15-16H2,1-7H3/t26-,27-,28+,29+,30-,31-/m1/s1. The normalized spacial score (nSPS) is 20.6. The highest BCUT2D eigenvalue weighted by Gasteiger charge is 2.48. The van der Waals surface area contributed by atoms with E-state index in [1.165, 1.54) is 55.1 Å². The monoisotopic (exact) mass is 634 g/mol. The maximum atomic E-state index is 12.2. The van der Waals surface area contributed by atoms with Crippen LogP contribution in [0.2, 0.25) is 0 Å². The van der Waals surface area contributed by atoms with Gasteiger partial charge in [0.2, 0.25) is 0 Å². The number of para-hydroxylation sites is 2. The highest BCUT2D eigenvalue weighted by atomic mass is 16.7. The van der Waals surface area contributed by atoms with Crippen LogP contribution < -0.4 is 18.9 Å². The van der Waals surface area contributed by atoms with Gasteiger partial charge in [-0.2, -0.15) is 0 Å². The van der Waals surface area contributed by atoms with Gasteiger partial charge in [0.1, 0.15) is 18.8 Å². The predicted octanol–water partition coefficient (Wildman–Crippen LogP) is 2.93. The number of esters is 4. The number of carbonyl (C=O) groups excluding carboxylic acids is 4. The predicted molar refractivity (Wildman–Crippen MR) is 154 cm³/mol. The van der Waals surface area contributed by atoms with Crippen LogP contribution in [0.5, 0.6) is 23.0 Å². The van der Waals surface area contributed by atoms with Gasteiger partial charge < -0.3 is 47.4 Å². The van der Waals surface area contributed by atoms with Crippen LogP contribution in [-0.2, 0) is 47.6 Å². The first-order valence-corrected chi connectivity index (χ1v) is 13.9. The Morgan fingerprint density at radius 2 is 1.44 bits per heavy atom. The van der Waals surface area contributed by atoms with Gasteiger partial charge >= 0.3 is 23.9 Å². The molecule has 6 atom stereocenters. The van der Waals surface area contributed by atoms with E-state index < -0.39 is 60.7 Å². The van der Waals surface area contributed by atoms with Crippen molar-refractivity contribution >= 4 is 23.9 Å². The Bertz CT molecular complexity index is 1330. The van der Waals surface area contributed by atoms with Crippen molar-refractivity contribution in [2.75, 3.05) is 34.5 Å². The average molecular weight is 635 g/mol. The van der Waals surface area contributed by atoms with Crippen LogP contribution in [0.15, 0.2) is 42.5 Å². The van der Waals surface area contributed by atoms with E-state index in [1.807, 2.05) is 0 Å². The molecular formula is C31H38O14. The van der Waals surface area contributed by atoms with Gasteiger partial charge in [-0.15, -0.1) is 0 Å². The van der Waals surface area contributed by atoms with Crippen molar-refractivity contribution in [3.63, 3.8) is 0 Å². The van der Waals surface area contributed by atoms with Crippen molar-refractivity contribution < 1.29 is 66.5 Å². The Morgan fingerprint density at radius 3 is 2.02 bits per heavy atom. The quantitative estimate of drug-likeness (QED) is 0.169. The number of hydrogen-bond donors (Lipinski definition) is 0. The molecule has 0 saturated carbocycles. The van der Waals surface area contributed by atoms with Gasteiger partial charge in [0.05, 0.1) is 20.8 Å². The number of rotatable bonds is 14. The van der Waals surface area contributed by atoms with Crippen molar-refractivity contribution in [1.29, 1.82) is 0 Å². The molecule has 14 heteroatoms. The van der Waals surface area contributed by atoms with Crippen molar-refractivity contribution in [1.82, 2.24) is 0 Å². The molecule has 0 spiro atoms. The molecule has 1 fully saturated rings. The van der Waals surface area contributed by atoms with Crippen LogP contribution >= 0.6 is 0 Å². The molecule has 0 N–H and O–H groups in total. The average Bonchev–Trinajstić information content (AvgIpc) is 2.99. The van der Waals surface area contributed by atoms with Crippen LogP contribution in [0.1, 0.15) is 39.4 Å². The molecule has 246 valence electrons. The molecule has 1 saturated heterocycles. The largest absolute Gasteiger partial charge is 0.493 e. The van der Waals surface area contributed by atoms with E-state index in [0.717, 1.165) is 0 Å². The number of ether oxygens (including phenoxy) is 10. The molecule has 14 nitrogen and oxygen atoms in total. The van der Waals surface area contributed by atoms with Gasteiger partial charge in [-0.1, -0.05) is 18.2 Å². The third kappa shape index (κ3) is 9.80. The third-order valence-corrected chi connectivity index (χ3v) is 6.44. The molecule has 3 rings (SSSR count). The summed E-state index contributed by atoms with van der Waals surface area (Å²) >= 11 is 0. The SMILES string of the molecule is COc1cc([C@H](O[C@@H]2[C@@H](OC(C)=O)[C@H](OC)OC[C@H]2OC(C)=O)[C@@H](COC(C)=O)Oc2ccccc2OC)ccc1OC(C)=O. The lowest BCUT2D eigenvalue weighted by Gasteiger charge is -2.42. The molecule has 1 aliphatic rings. The Labute approximate surface area is 260 Å². The van der Waals surface area contributed by atoms with Gasteiger partial charge in [-0.25, -0.2) is 0 Å². The first-order valence-electron chi connectivity index (χ1n) is 13.9. The van der Waals surface area contributed by atoms with Crippen molar-refractivity contribution in [2.24, 2.45) is 0 Å². The minimum atomic E-state index is -1.21. The zero-order valence-electron chi connectivity index (χ0n) is 26.1. The summed E-state index contributed by atoms with van der Waals surface area (Å²) in [6.45, 7) is 4.41. The minimum Gasteiger partial charge on any atom is -0.493 e.